The van der Waals surface area contributed by atoms with Crippen LogP contribution in [0.5, 0.6) is 5.75 Å². The first-order valence-corrected chi connectivity index (χ1v) is 10.9. The van der Waals surface area contributed by atoms with Crippen molar-refractivity contribution in [2.24, 2.45) is 0 Å². The molecule has 1 heterocycles. The van der Waals surface area contributed by atoms with Crippen LogP contribution in [0.2, 0.25) is 0 Å². The number of carbonyl (C=O) groups excluding carboxylic acids is 1. The molecule has 4 rings (SSSR count). The Hall–Kier alpha value is -2.90. The van der Waals surface area contributed by atoms with Crippen molar-refractivity contribution in [2.75, 3.05) is 18.6 Å². The SMILES string of the molecule is COc1ccc2cc(CNS(=O)(=O)c3ccc(N4CCCC4=O)cc3)ccc2c1. The molecule has 0 unspecified atom stereocenters. The minimum Gasteiger partial charge on any atom is -0.497 e. The standard InChI is InChI=1S/C22H22N2O4S/c1-28-20-9-6-17-13-16(4-5-18(17)14-20)15-23-29(26,27)21-10-7-19(8-11-21)24-12-2-3-22(24)25/h4-11,13-14,23H,2-3,12,15H2,1H3. The number of sulfonamides is 1. The van der Waals surface area contributed by atoms with E-state index in [1.165, 1.54) is 12.1 Å². The van der Waals surface area contributed by atoms with Gasteiger partial charge < -0.3 is 9.64 Å². The van der Waals surface area contributed by atoms with Gasteiger partial charge in [0, 0.05) is 25.2 Å². The van der Waals surface area contributed by atoms with Gasteiger partial charge in [0.1, 0.15) is 5.75 Å². The minimum atomic E-state index is -3.65. The number of anilines is 1. The van der Waals surface area contributed by atoms with E-state index < -0.39 is 10.0 Å². The highest BCUT2D eigenvalue weighted by atomic mass is 32.2. The van der Waals surface area contributed by atoms with E-state index in [1.807, 2.05) is 36.4 Å². The zero-order valence-electron chi connectivity index (χ0n) is 16.1. The fourth-order valence-electron chi connectivity index (χ4n) is 3.50. The Balaban J connectivity index is 1.47. The second-order valence-electron chi connectivity index (χ2n) is 7.01. The van der Waals surface area contributed by atoms with Gasteiger partial charge in [-0.1, -0.05) is 18.2 Å². The summed E-state index contributed by atoms with van der Waals surface area (Å²) in [6.07, 6.45) is 1.37. The minimum absolute atomic E-state index is 0.0765. The molecule has 1 saturated heterocycles. The van der Waals surface area contributed by atoms with Crippen LogP contribution in [0.3, 0.4) is 0 Å². The summed E-state index contributed by atoms with van der Waals surface area (Å²) >= 11 is 0. The lowest BCUT2D eigenvalue weighted by Gasteiger charge is -2.16. The van der Waals surface area contributed by atoms with E-state index >= 15 is 0 Å². The third-order valence-electron chi connectivity index (χ3n) is 5.11. The summed E-state index contributed by atoms with van der Waals surface area (Å²) < 4.78 is 33.2. The van der Waals surface area contributed by atoms with E-state index in [4.69, 9.17) is 4.74 Å². The highest BCUT2D eigenvalue weighted by molar-refractivity contribution is 7.89. The molecule has 0 radical (unpaired) electrons. The van der Waals surface area contributed by atoms with Crippen LogP contribution in [0.15, 0.2) is 65.6 Å². The van der Waals surface area contributed by atoms with Gasteiger partial charge in [-0.3, -0.25) is 4.79 Å². The highest BCUT2D eigenvalue weighted by Gasteiger charge is 2.22. The molecule has 29 heavy (non-hydrogen) atoms. The Bertz CT molecular complexity index is 1160. The molecule has 0 aliphatic carbocycles. The molecular weight excluding hydrogens is 388 g/mol. The number of carbonyl (C=O) groups is 1. The molecule has 0 spiro atoms. The predicted octanol–water partition coefficient (Wildman–Crippen LogP) is 3.45. The Morgan fingerprint density at radius 2 is 1.72 bits per heavy atom. The summed E-state index contributed by atoms with van der Waals surface area (Å²) in [5.41, 5.74) is 1.60. The van der Waals surface area contributed by atoms with Crippen LogP contribution in [-0.4, -0.2) is 28.0 Å². The van der Waals surface area contributed by atoms with E-state index in [-0.39, 0.29) is 17.3 Å². The number of hydrogen-bond acceptors (Lipinski definition) is 4. The molecule has 1 fully saturated rings. The lowest BCUT2D eigenvalue weighted by Crippen LogP contribution is -2.25. The smallest absolute Gasteiger partial charge is 0.240 e. The number of benzene rings is 3. The molecule has 3 aromatic rings. The largest absolute Gasteiger partial charge is 0.497 e. The monoisotopic (exact) mass is 410 g/mol. The Morgan fingerprint density at radius 3 is 2.41 bits per heavy atom. The number of ether oxygens (including phenoxy) is 1. The molecule has 0 aromatic heterocycles. The fraction of sp³-hybridized carbons (Fsp3) is 0.227. The number of hydrogen-bond donors (Lipinski definition) is 1. The van der Waals surface area contributed by atoms with Gasteiger partial charge in [-0.25, -0.2) is 13.1 Å². The molecule has 0 bridgehead atoms. The first-order chi connectivity index (χ1) is 14.0. The van der Waals surface area contributed by atoms with Crippen molar-refractivity contribution in [3.05, 3.63) is 66.2 Å². The molecule has 0 saturated carbocycles. The second kappa shape index (κ2) is 7.85. The van der Waals surface area contributed by atoms with Gasteiger partial charge in [0.15, 0.2) is 0 Å². The molecule has 1 amide bonds. The maximum Gasteiger partial charge on any atom is 0.240 e. The molecule has 6 nitrogen and oxygen atoms in total. The summed E-state index contributed by atoms with van der Waals surface area (Å²) in [5.74, 6) is 0.859. The first kappa shape index (κ1) is 19.4. The van der Waals surface area contributed by atoms with Gasteiger partial charge in [0.05, 0.1) is 12.0 Å². The summed E-state index contributed by atoms with van der Waals surface area (Å²) in [5, 5.41) is 2.05. The van der Waals surface area contributed by atoms with Gasteiger partial charge >= 0.3 is 0 Å². The molecule has 3 aromatic carbocycles. The van der Waals surface area contributed by atoms with E-state index in [0.717, 1.165) is 34.2 Å². The van der Waals surface area contributed by atoms with Crippen molar-refractivity contribution >= 4 is 32.4 Å². The van der Waals surface area contributed by atoms with Crippen LogP contribution in [-0.2, 0) is 21.4 Å². The Morgan fingerprint density at radius 1 is 1.00 bits per heavy atom. The van der Waals surface area contributed by atoms with Gasteiger partial charge in [-0.15, -0.1) is 0 Å². The van der Waals surface area contributed by atoms with Crippen LogP contribution in [0, 0.1) is 0 Å². The number of nitrogens with one attached hydrogen (secondary N) is 1. The number of amides is 1. The zero-order chi connectivity index (χ0) is 20.4. The third kappa shape index (κ3) is 4.11. The van der Waals surface area contributed by atoms with Gasteiger partial charge in [0.2, 0.25) is 15.9 Å². The van der Waals surface area contributed by atoms with Crippen LogP contribution >= 0.6 is 0 Å². The van der Waals surface area contributed by atoms with E-state index in [9.17, 15) is 13.2 Å². The molecule has 1 N–H and O–H groups in total. The van der Waals surface area contributed by atoms with Crippen LogP contribution < -0.4 is 14.4 Å². The third-order valence-corrected chi connectivity index (χ3v) is 6.53. The first-order valence-electron chi connectivity index (χ1n) is 9.43. The quantitative estimate of drug-likeness (QED) is 0.675. The predicted molar refractivity (Wildman–Crippen MR) is 113 cm³/mol. The average Bonchev–Trinajstić information content (AvgIpc) is 3.17. The van der Waals surface area contributed by atoms with Crippen molar-refractivity contribution in [3.8, 4) is 5.75 Å². The van der Waals surface area contributed by atoms with E-state index in [0.29, 0.717) is 13.0 Å². The van der Waals surface area contributed by atoms with Crippen molar-refractivity contribution < 1.29 is 17.9 Å². The lowest BCUT2D eigenvalue weighted by atomic mass is 10.1. The molecular formula is C22H22N2O4S. The van der Waals surface area contributed by atoms with Crippen LogP contribution in [0.25, 0.3) is 10.8 Å². The number of fused-ring (bicyclic) bond motifs is 1. The van der Waals surface area contributed by atoms with Gasteiger partial charge in [-0.05, 0) is 65.2 Å². The van der Waals surface area contributed by atoms with Crippen molar-refractivity contribution in [1.82, 2.24) is 4.72 Å². The Labute approximate surface area is 170 Å². The summed E-state index contributed by atoms with van der Waals surface area (Å²) in [6.45, 7) is 0.869. The highest BCUT2D eigenvalue weighted by Crippen LogP contribution is 2.24. The molecule has 1 aliphatic heterocycles. The van der Waals surface area contributed by atoms with Crippen molar-refractivity contribution in [3.63, 3.8) is 0 Å². The van der Waals surface area contributed by atoms with E-state index in [2.05, 4.69) is 4.72 Å². The van der Waals surface area contributed by atoms with Gasteiger partial charge in [-0.2, -0.15) is 0 Å². The second-order valence-corrected chi connectivity index (χ2v) is 8.78. The fourth-order valence-corrected chi connectivity index (χ4v) is 4.52. The number of methoxy groups -OCH3 is 1. The number of nitrogens with zero attached hydrogens (tertiary/aromatic N) is 1. The summed E-state index contributed by atoms with van der Waals surface area (Å²) in [4.78, 5) is 13.7. The van der Waals surface area contributed by atoms with E-state index in [1.54, 1.807) is 24.1 Å². The normalized spacial score (nSPS) is 14.5. The molecule has 7 heteroatoms. The molecule has 0 atom stereocenters. The van der Waals surface area contributed by atoms with Gasteiger partial charge in [0.25, 0.3) is 0 Å². The summed E-state index contributed by atoms with van der Waals surface area (Å²) in [7, 11) is -2.02. The molecule has 150 valence electrons. The van der Waals surface area contributed by atoms with Crippen LogP contribution in [0.4, 0.5) is 5.69 Å². The lowest BCUT2D eigenvalue weighted by molar-refractivity contribution is -0.117. The van der Waals surface area contributed by atoms with Crippen molar-refractivity contribution in [2.45, 2.75) is 24.3 Å². The number of rotatable bonds is 6. The maximum absolute atomic E-state index is 12.6. The molecule has 1 aliphatic rings. The Kier molecular flexibility index (Phi) is 5.25. The van der Waals surface area contributed by atoms with Crippen LogP contribution in [0.1, 0.15) is 18.4 Å². The summed E-state index contributed by atoms with van der Waals surface area (Å²) in [6, 6.07) is 18.0. The van der Waals surface area contributed by atoms with Crippen molar-refractivity contribution in [1.29, 1.82) is 0 Å². The topological polar surface area (TPSA) is 75.7 Å². The maximum atomic E-state index is 12.6. The average molecular weight is 410 g/mol. The zero-order valence-corrected chi connectivity index (χ0v) is 16.9.